The smallest absolute Gasteiger partial charge is 0.243 e. The summed E-state index contributed by atoms with van der Waals surface area (Å²) < 4.78 is 40.6. The van der Waals surface area contributed by atoms with Crippen LogP contribution in [0.2, 0.25) is 0 Å². The van der Waals surface area contributed by atoms with Crippen molar-refractivity contribution in [1.29, 1.82) is 0 Å². The van der Waals surface area contributed by atoms with Crippen LogP contribution in [0.4, 0.5) is 10.2 Å². The number of sulfonamides is 1. The van der Waals surface area contributed by atoms with Gasteiger partial charge in [0.15, 0.2) is 0 Å². The van der Waals surface area contributed by atoms with Crippen molar-refractivity contribution in [2.24, 2.45) is 0 Å². The van der Waals surface area contributed by atoms with E-state index in [-0.39, 0.29) is 10.8 Å². The third-order valence-corrected chi connectivity index (χ3v) is 7.57. The minimum Gasteiger partial charge on any atom is -0.359 e. The molecule has 0 saturated carbocycles. The van der Waals surface area contributed by atoms with Crippen molar-refractivity contribution >= 4 is 15.8 Å². The third kappa shape index (κ3) is 3.51. The molecule has 0 radical (unpaired) electrons. The van der Waals surface area contributed by atoms with Crippen molar-refractivity contribution in [3.63, 3.8) is 0 Å². The lowest BCUT2D eigenvalue weighted by Crippen LogP contribution is -2.39. The summed E-state index contributed by atoms with van der Waals surface area (Å²) >= 11 is 0. The first-order valence-electron chi connectivity index (χ1n) is 9.70. The lowest BCUT2D eigenvalue weighted by molar-refractivity contribution is 0.308. The fraction of sp³-hybridized carbons (Fsp3) is 0.500. The molecule has 8 heteroatoms. The summed E-state index contributed by atoms with van der Waals surface area (Å²) in [4.78, 5) is 11.8. The van der Waals surface area contributed by atoms with Crippen LogP contribution >= 0.6 is 0 Å². The lowest BCUT2D eigenvalue weighted by atomic mass is 9.97. The van der Waals surface area contributed by atoms with Crippen molar-refractivity contribution in [1.82, 2.24) is 14.3 Å². The van der Waals surface area contributed by atoms with Crippen molar-refractivity contribution < 1.29 is 12.8 Å². The molecule has 1 aromatic carbocycles. The Bertz CT molecular complexity index is 978. The Balaban J connectivity index is 1.62. The molecule has 28 heavy (non-hydrogen) atoms. The van der Waals surface area contributed by atoms with Crippen LogP contribution in [0.3, 0.4) is 0 Å². The van der Waals surface area contributed by atoms with Crippen molar-refractivity contribution in [2.45, 2.75) is 43.4 Å². The number of piperidine rings is 1. The fourth-order valence-corrected chi connectivity index (χ4v) is 5.64. The Morgan fingerprint density at radius 1 is 1.11 bits per heavy atom. The molecule has 0 spiro atoms. The lowest BCUT2D eigenvalue weighted by Gasteiger charge is -2.33. The van der Waals surface area contributed by atoms with Gasteiger partial charge in [-0.25, -0.2) is 22.8 Å². The summed E-state index contributed by atoms with van der Waals surface area (Å²) in [6, 6.07) is 5.01. The van der Waals surface area contributed by atoms with E-state index in [1.54, 1.807) is 0 Å². The molecule has 1 atom stereocenters. The molecule has 1 aromatic heterocycles. The number of anilines is 1. The zero-order valence-corrected chi connectivity index (χ0v) is 17.0. The van der Waals surface area contributed by atoms with E-state index in [1.807, 2.05) is 14.0 Å². The molecule has 0 unspecified atom stereocenters. The van der Waals surface area contributed by atoms with Gasteiger partial charge in [-0.2, -0.15) is 4.31 Å². The fourth-order valence-electron chi connectivity index (χ4n) is 4.12. The van der Waals surface area contributed by atoms with Gasteiger partial charge in [0.2, 0.25) is 10.0 Å². The Hall–Kier alpha value is -2.06. The third-order valence-electron chi connectivity index (χ3n) is 5.69. The average Bonchev–Trinajstić information content (AvgIpc) is 2.69. The predicted octanol–water partition coefficient (Wildman–Crippen LogP) is 2.87. The van der Waals surface area contributed by atoms with E-state index in [2.05, 4.69) is 4.90 Å². The first-order chi connectivity index (χ1) is 13.4. The van der Waals surface area contributed by atoms with Gasteiger partial charge in [-0.3, -0.25) is 0 Å². The summed E-state index contributed by atoms with van der Waals surface area (Å²) in [5, 5.41) is 0. The zero-order valence-electron chi connectivity index (χ0n) is 16.2. The van der Waals surface area contributed by atoms with Gasteiger partial charge in [0.05, 0.1) is 4.90 Å². The van der Waals surface area contributed by atoms with Crippen LogP contribution in [0.5, 0.6) is 0 Å². The molecule has 150 valence electrons. The maximum absolute atomic E-state index is 13.2. The number of hydrogen-bond donors (Lipinski definition) is 0. The molecule has 1 fully saturated rings. The summed E-state index contributed by atoms with van der Waals surface area (Å²) in [6.07, 6.45) is 3.69. The van der Waals surface area contributed by atoms with E-state index < -0.39 is 15.8 Å². The van der Waals surface area contributed by atoms with Gasteiger partial charge in [-0.05, 0) is 56.9 Å². The van der Waals surface area contributed by atoms with Gasteiger partial charge in [0.25, 0.3) is 0 Å². The number of hydrogen-bond acceptors (Lipinski definition) is 5. The van der Waals surface area contributed by atoms with Crippen LogP contribution in [0.25, 0.3) is 0 Å². The van der Waals surface area contributed by atoms with E-state index in [0.717, 1.165) is 49.6 Å². The molecular weight excluding hydrogens is 379 g/mol. The molecular formula is C20H25FN4O2S. The summed E-state index contributed by atoms with van der Waals surface area (Å²) in [6.45, 7) is 3.79. The number of fused-ring (bicyclic) bond motifs is 1. The molecule has 2 aliphatic heterocycles. The van der Waals surface area contributed by atoms with E-state index in [9.17, 15) is 12.8 Å². The molecule has 0 bridgehead atoms. The minimum atomic E-state index is -3.66. The summed E-state index contributed by atoms with van der Waals surface area (Å²) in [5.74, 6) is 1.22. The Kier molecular flexibility index (Phi) is 5.09. The second kappa shape index (κ2) is 7.40. The normalized spacial score (nSPS) is 20.8. The highest BCUT2D eigenvalue weighted by atomic mass is 32.2. The van der Waals surface area contributed by atoms with Crippen LogP contribution < -0.4 is 4.90 Å². The zero-order chi connectivity index (χ0) is 19.9. The monoisotopic (exact) mass is 404 g/mol. The highest BCUT2D eigenvalue weighted by molar-refractivity contribution is 7.89. The Morgan fingerprint density at radius 2 is 1.86 bits per heavy atom. The number of aryl methyl sites for hydroxylation is 1. The van der Waals surface area contributed by atoms with Crippen LogP contribution in [0.15, 0.2) is 29.2 Å². The maximum atomic E-state index is 13.2. The predicted molar refractivity (Wildman–Crippen MR) is 105 cm³/mol. The molecule has 6 nitrogen and oxygen atoms in total. The Morgan fingerprint density at radius 3 is 2.61 bits per heavy atom. The van der Waals surface area contributed by atoms with Gasteiger partial charge in [0, 0.05) is 43.9 Å². The van der Waals surface area contributed by atoms with Crippen LogP contribution in [0, 0.1) is 12.7 Å². The molecule has 0 amide bonds. The van der Waals surface area contributed by atoms with E-state index in [4.69, 9.17) is 9.97 Å². The van der Waals surface area contributed by atoms with Gasteiger partial charge < -0.3 is 4.90 Å². The van der Waals surface area contributed by atoms with Gasteiger partial charge in [0.1, 0.15) is 17.5 Å². The maximum Gasteiger partial charge on any atom is 0.243 e. The molecule has 2 aliphatic rings. The number of aromatic nitrogens is 2. The topological polar surface area (TPSA) is 66.4 Å². The number of benzene rings is 1. The first-order valence-corrected chi connectivity index (χ1v) is 11.1. The van der Waals surface area contributed by atoms with Crippen molar-refractivity contribution in [3.05, 3.63) is 47.2 Å². The van der Waals surface area contributed by atoms with Crippen LogP contribution in [0.1, 0.15) is 42.3 Å². The second-order valence-corrected chi connectivity index (χ2v) is 9.59. The summed E-state index contributed by atoms with van der Waals surface area (Å²) in [5.41, 5.74) is 2.19. The first kappa shape index (κ1) is 19.3. The SMILES string of the molecule is Cc1nc([C@H]2CCCN(S(=O)(=O)c3ccc(F)cc3)C2)nc2c1CCCN2C. The van der Waals surface area contributed by atoms with E-state index in [1.165, 1.54) is 34.1 Å². The minimum absolute atomic E-state index is 0.0386. The Labute approximate surface area is 165 Å². The van der Waals surface area contributed by atoms with Gasteiger partial charge in [-0.15, -0.1) is 0 Å². The number of nitrogens with zero attached hydrogens (tertiary/aromatic N) is 4. The largest absolute Gasteiger partial charge is 0.359 e. The number of halogens is 1. The quantitative estimate of drug-likeness (QED) is 0.787. The molecule has 0 aliphatic carbocycles. The van der Waals surface area contributed by atoms with Crippen LogP contribution in [-0.2, 0) is 16.4 Å². The molecule has 4 rings (SSSR count). The van der Waals surface area contributed by atoms with Gasteiger partial charge >= 0.3 is 0 Å². The highest BCUT2D eigenvalue weighted by Crippen LogP contribution is 2.32. The average molecular weight is 405 g/mol. The molecule has 1 saturated heterocycles. The van der Waals surface area contributed by atoms with Crippen molar-refractivity contribution in [3.8, 4) is 0 Å². The molecule has 0 N–H and O–H groups in total. The summed E-state index contributed by atoms with van der Waals surface area (Å²) in [7, 11) is -1.62. The highest BCUT2D eigenvalue weighted by Gasteiger charge is 2.33. The van der Waals surface area contributed by atoms with Crippen LogP contribution in [-0.4, -0.2) is 49.4 Å². The second-order valence-electron chi connectivity index (χ2n) is 7.65. The molecule has 3 heterocycles. The van der Waals surface area contributed by atoms with Crippen molar-refractivity contribution in [2.75, 3.05) is 31.6 Å². The standard InChI is InChI=1S/C20H25FN4O2S/c1-14-18-6-4-11-24(2)20(18)23-19(22-14)15-5-3-12-25(13-15)28(26,27)17-9-7-16(21)8-10-17/h7-10,15H,3-6,11-13H2,1-2H3/t15-/m0/s1. The van der Waals surface area contributed by atoms with Gasteiger partial charge in [-0.1, -0.05) is 0 Å². The molecule has 2 aromatic rings. The number of rotatable bonds is 3. The van der Waals surface area contributed by atoms with E-state index in [0.29, 0.717) is 13.1 Å². The van der Waals surface area contributed by atoms with E-state index >= 15 is 0 Å².